The Kier molecular flexibility index (Phi) is 4.64. The summed E-state index contributed by atoms with van der Waals surface area (Å²) in [5, 5.41) is 10.0. The van der Waals surface area contributed by atoms with Gasteiger partial charge in [-0.1, -0.05) is 11.6 Å². The third kappa shape index (κ3) is 3.71. The normalized spacial score (nSPS) is 10.9. The highest BCUT2D eigenvalue weighted by Crippen LogP contribution is 2.28. The van der Waals surface area contributed by atoms with Crippen molar-refractivity contribution in [3.05, 3.63) is 71.4 Å². The fourth-order valence-electron chi connectivity index (χ4n) is 2.78. The number of pyridine rings is 2. The molecule has 0 unspecified atom stereocenters. The van der Waals surface area contributed by atoms with Gasteiger partial charge in [-0.3, -0.25) is 4.68 Å². The molecule has 0 atom stereocenters. The van der Waals surface area contributed by atoms with Crippen LogP contribution in [0.1, 0.15) is 11.3 Å². The molecular formula is C20H18ClN5O. The Balaban J connectivity index is 1.56. The Morgan fingerprint density at radius 3 is 2.74 bits per heavy atom. The molecule has 0 spiro atoms. The predicted octanol–water partition coefficient (Wildman–Crippen LogP) is 4.65. The number of fused-ring (bicyclic) bond motifs is 1. The van der Waals surface area contributed by atoms with E-state index < -0.39 is 0 Å². The molecule has 0 saturated heterocycles. The first-order valence-electron chi connectivity index (χ1n) is 8.48. The monoisotopic (exact) mass is 379 g/mol. The Morgan fingerprint density at radius 1 is 1.11 bits per heavy atom. The molecule has 0 fully saturated rings. The van der Waals surface area contributed by atoms with Gasteiger partial charge in [-0.05, 0) is 48.7 Å². The molecule has 0 aliphatic carbocycles. The number of rotatable bonds is 5. The molecule has 3 aromatic heterocycles. The lowest BCUT2D eigenvalue weighted by Crippen LogP contribution is -1.99. The number of ether oxygens (including phenoxy) is 1. The van der Waals surface area contributed by atoms with Crippen LogP contribution in [0.15, 0.2) is 55.0 Å². The van der Waals surface area contributed by atoms with Crippen LogP contribution < -0.4 is 10.1 Å². The molecule has 0 aliphatic rings. The van der Waals surface area contributed by atoms with Crippen LogP contribution in [0.25, 0.3) is 10.8 Å². The van der Waals surface area contributed by atoms with Crippen molar-refractivity contribution in [3.63, 3.8) is 0 Å². The maximum Gasteiger partial charge on any atom is 0.138 e. The summed E-state index contributed by atoms with van der Waals surface area (Å²) in [6, 6.07) is 11.5. The van der Waals surface area contributed by atoms with Gasteiger partial charge >= 0.3 is 0 Å². The van der Waals surface area contributed by atoms with E-state index in [4.69, 9.17) is 16.3 Å². The van der Waals surface area contributed by atoms with Gasteiger partial charge in [-0.25, -0.2) is 9.97 Å². The second kappa shape index (κ2) is 7.25. The van der Waals surface area contributed by atoms with Crippen LogP contribution in [0.3, 0.4) is 0 Å². The van der Waals surface area contributed by atoms with Gasteiger partial charge in [0.15, 0.2) is 0 Å². The summed E-state index contributed by atoms with van der Waals surface area (Å²) in [5.74, 6) is 1.56. The number of aryl methyl sites for hydroxylation is 1. The van der Waals surface area contributed by atoms with E-state index in [9.17, 15) is 0 Å². The first-order chi connectivity index (χ1) is 13.1. The molecule has 136 valence electrons. The number of hydrogen-bond acceptors (Lipinski definition) is 5. The van der Waals surface area contributed by atoms with E-state index in [2.05, 4.69) is 20.4 Å². The molecule has 0 radical (unpaired) electrons. The molecular weight excluding hydrogens is 362 g/mol. The quantitative estimate of drug-likeness (QED) is 0.511. The van der Waals surface area contributed by atoms with E-state index in [0.29, 0.717) is 11.8 Å². The van der Waals surface area contributed by atoms with Crippen LogP contribution in [0.4, 0.5) is 11.5 Å². The topological polar surface area (TPSA) is 64.9 Å². The second-order valence-corrected chi connectivity index (χ2v) is 6.59. The Bertz CT molecular complexity index is 1090. The molecule has 7 heteroatoms. The first kappa shape index (κ1) is 17.3. The highest BCUT2D eigenvalue weighted by atomic mass is 35.5. The van der Waals surface area contributed by atoms with Crippen LogP contribution in [-0.4, -0.2) is 19.7 Å². The SMILES string of the molecule is Cc1c(COc2ccc3c(Nc4ccc(Cl)nc4)nccc3c2)cnn1C. The Hall–Kier alpha value is -3.12. The molecule has 6 nitrogen and oxygen atoms in total. The molecule has 0 aliphatic heterocycles. The summed E-state index contributed by atoms with van der Waals surface area (Å²) in [6.07, 6.45) is 5.28. The van der Waals surface area contributed by atoms with Crippen molar-refractivity contribution in [3.8, 4) is 5.75 Å². The summed E-state index contributed by atoms with van der Waals surface area (Å²) in [7, 11) is 1.92. The largest absolute Gasteiger partial charge is 0.489 e. The average molecular weight is 380 g/mol. The molecule has 4 aromatic rings. The van der Waals surface area contributed by atoms with Crippen molar-refractivity contribution >= 4 is 33.9 Å². The summed E-state index contributed by atoms with van der Waals surface area (Å²) >= 11 is 5.84. The third-order valence-corrected chi connectivity index (χ3v) is 4.68. The lowest BCUT2D eigenvalue weighted by atomic mass is 10.1. The maximum absolute atomic E-state index is 5.95. The Labute approximate surface area is 161 Å². The van der Waals surface area contributed by atoms with E-state index in [-0.39, 0.29) is 0 Å². The van der Waals surface area contributed by atoms with Crippen LogP contribution in [0.5, 0.6) is 5.75 Å². The van der Waals surface area contributed by atoms with Gasteiger partial charge in [0, 0.05) is 29.9 Å². The molecule has 1 N–H and O–H groups in total. The zero-order valence-electron chi connectivity index (χ0n) is 15.0. The molecule has 27 heavy (non-hydrogen) atoms. The summed E-state index contributed by atoms with van der Waals surface area (Å²) in [5.41, 5.74) is 3.00. The molecule has 0 saturated carbocycles. The van der Waals surface area contributed by atoms with Crippen molar-refractivity contribution in [1.82, 2.24) is 19.7 Å². The number of hydrogen-bond donors (Lipinski definition) is 1. The van der Waals surface area contributed by atoms with Gasteiger partial charge in [0.2, 0.25) is 0 Å². The fourth-order valence-corrected chi connectivity index (χ4v) is 2.89. The summed E-state index contributed by atoms with van der Waals surface area (Å²) in [4.78, 5) is 8.52. The maximum atomic E-state index is 5.95. The predicted molar refractivity (Wildman–Crippen MR) is 107 cm³/mol. The van der Waals surface area contributed by atoms with Crippen molar-refractivity contribution < 1.29 is 4.74 Å². The van der Waals surface area contributed by atoms with Crippen LogP contribution in [-0.2, 0) is 13.7 Å². The number of aromatic nitrogens is 4. The van der Waals surface area contributed by atoms with Crippen molar-refractivity contribution in [1.29, 1.82) is 0 Å². The summed E-state index contributed by atoms with van der Waals surface area (Å²) in [6.45, 7) is 2.51. The smallest absolute Gasteiger partial charge is 0.138 e. The lowest BCUT2D eigenvalue weighted by Gasteiger charge is -2.11. The average Bonchev–Trinajstić information content (AvgIpc) is 3.00. The summed E-state index contributed by atoms with van der Waals surface area (Å²) < 4.78 is 7.79. The van der Waals surface area contributed by atoms with Gasteiger partial charge < -0.3 is 10.1 Å². The minimum Gasteiger partial charge on any atom is -0.489 e. The number of benzene rings is 1. The molecule has 3 heterocycles. The minimum atomic E-state index is 0.456. The second-order valence-electron chi connectivity index (χ2n) is 6.20. The standard InChI is InChI=1S/C20H18ClN5O/c1-13-15(10-24-26(13)2)12-27-17-4-5-18-14(9-17)7-8-22-20(18)25-16-3-6-19(21)23-11-16/h3-11H,12H2,1-2H3,(H,22,25). The van der Waals surface area contributed by atoms with Gasteiger partial charge in [0.1, 0.15) is 23.3 Å². The van der Waals surface area contributed by atoms with Gasteiger partial charge in [-0.2, -0.15) is 5.10 Å². The first-order valence-corrected chi connectivity index (χ1v) is 8.85. The van der Waals surface area contributed by atoms with Crippen LogP contribution >= 0.6 is 11.6 Å². The third-order valence-electron chi connectivity index (χ3n) is 4.46. The lowest BCUT2D eigenvalue weighted by molar-refractivity contribution is 0.305. The van der Waals surface area contributed by atoms with Crippen LogP contribution in [0.2, 0.25) is 5.15 Å². The van der Waals surface area contributed by atoms with Gasteiger partial charge in [-0.15, -0.1) is 0 Å². The van der Waals surface area contributed by atoms with Gasteiger partial charge in [0.05, 0.1) is 18.1 Å². The number of nitrogens with one attached hydrogen (secondary N) is 1. The number of anilines is 2. The van der Waals surface area contributed by atoms with E-state index >= 15 is 0 Å². The van der Waals surface area contributed by atoms with E-state index in [0.717, 1.165) is 39.3 Å². The zero-order chi connectivity index (χ0) is 18.8. The van der Waals surface area contributed by atoms with Crippen molar-refractivity contribution in [2.45, 2.75) is 13.5 Å². The molecule has 0 bridgehead atoms. The highest BCUT2D eigenvalue weighted by Gasteiger charge is 2.07. The number of halogens is 1. The van der Waals surface area contributed by atoms with Crippen molar-refractivity contribution in [2.24, 2.45) is 7.05 Å². The molecule has 0 amide bonds. The molecule has 4 rings (SSSR count). The highest BCUT2D eigenvalue weighted by molar-refractivity contribution is 6.29. The van der Waals surface area contributed by atoms with Crippen molar-refractivity contribution in [2.75, 3.05) is 5.32 Å². The number of nitrogens with zero attached hydrogens (tertiary/aromatic N) is 4. The fraction of sp³-hybridized carbons (Fsp3) is 0.150. The van der Waals surface area contributed by atoms with E-state index in [1.165, 1.54) is 0 Å². The van der Waals surface area contributed by atoms with E-state index in [1.807, 2.05) is 55.2 Å². The van der Waals surface area contributed by atoms with E-state index in [1.54, 1.807) is 18.5 Å². The molecule has 1 aromatic carbocycles. The van der Waals surface area contributed by atoms with Gasteiger partial charge in [0.25, 0.3) is 0 Å². The van der Waals surface area contributed by atoms with Crippen LogP contribution in [0, 0.1) is 6.92 Å². The minimum absolute atomic E-state index is 0.456. The Morgan fingerprint density at radius 2 is 2.00 bits per heavy atom. The zero-order valence-corrected chi connectivity index (χ0v) is 15.7.